The molecule has 0 amide bonds. The molecule has 0 rings (SSSR count). The first-order valence-corrected chi connectivity index (χ1v) is 23.7. The van der Waals surface area contributed by atoms with E-state index in [2.05, 4.69) is 91.3 Å². The number of esters is 2. The number of phosphoric acid groups is 1. The van der Waals surface area contributed by atoms with Crippen LogP contribution in [0.1, 0.15) is 123 Å². The first-order valence-electron chi connectivity index (χ1n) is 22.3. The van der Waals surface area contributed by atoms with Crippen molar-refractivity contribution in [3.05, 3.63) is 134 Å². The second kappa shape index (κ2) is 43.7. The molecule has 0 bridgehead atoms. The van der Waals surface area contributed by atoms with Crippen LogP contribution in [-0.2, 0) is 32.7 Å². The molecular formula is C50H77O11P. The molecule has 62 heavy (non-hydrogen) atoms. The predicted molar refractivity (Wildman–Crippen MR) is 252 cm³/mol. The number of rotatable bonds is 39. The molecular weight excluding hydrogens is 808 g/mol. The SMILES string of the molecule is CC/C=C\C/C=C\C/C=C\C/C=C\C/C=C\CCCCCC(=O)OC[C@H](COP(=O)(O)OC[C@@H](O)CO)OC(=O)CC/C=C\C/C=C\C/C=C\C=C\C(O)C/C=C\C/C=C\CC. The summed E-state index contributed by atoms with van der Waals surface area (Å²) in [6.07, 6.45) is 54.6. The zero-order chi connectivity index (χ0) is 45.6. The molecule has 11 nitrogen and oxygen atoms in total. The number of allylic oxidation sites excluding steroid dienone is 20. The summed E-state index contributed by atoms with van der Waals surface area (Å²) in [7, 11) is -4.67. The Balaban J connectivity index is 4.56. The van der Waals surface area contributed by atoms with E-state index >= 15 is 0 Å². The molecule has 4 N–H and O–H groups in total. The molecule has 348 valence electrons. The summed E-state index contributed by atoms with van der Waals surface area (Å²) < 4.78 is 32.6. The van der Waals surface area contributed by atoms with Crippen molar-refractivity contribution in [3.63, 3.8) is 0 Å². The number of carbonyl (C=O) groups excluding carboxylic acids is 2. The van der Waals surface area contributed by atoms with Gasteiger partial charge in [-0.2, -0.15) is 0 Å². The Kier molecular flexibility index (Phi) is 40.9. The summed E-state index contributed by atoms with van der Waals surface area (Å²) in [5, 5.41) is 28.4. The molecule has 2 unspecified atom stereocenters. The highest BCUT2D eigenvalue weighted by atomic mass is 31.2. The van der Waals surface area contributed by atoms with E-state index in [0.717, 1.165) is 70.6 Å². The standard InChI is InChI=1S/C50H77O11P/c1-3-5-7-9-11-12-13-14-15-16-17-18-19-20-21-25-28-32-36-40-49(54)58-44-48(45-60-62(56,57)59-43-47(53)42-51)61-50(55)41-37-33-29-26-23-22-24-27-31-35-39-46(52)38-34-30-10-8-6-4-2/h5-8,11-12,14-15,17-18,20-23,27,29-31,33-35,39,46-48,51-53H,3-4,9-10,13,16,19,24-26,28,32,36-38,40-45H2,1-2H3,(H,56,57)/b7-5-,8-6-,12-11-,15-14-,18-17-,21-20-,23-22-,31-27-,33-29-,34-30-,39-35+/t46?,47-,48+/m0/s1. The fourth-order valence-electron chi connectivity index (χ4n) is 5.01. The Morgan fingerprint density at radius 3 is 1.61 bits per heavy atom. The fourth-order valence-corrected chi connectivity index (χ4v) is 5.80. The van der Waals surface area contributed by atoms with Crippen LogP contribution in [0.15, 0.2) is 134 Å². The third-order valence-corrected chi connectivity index (χ3v) is 9.34. The summed E-state index contributed by atoms with van der Waals surface area (Å²) in [4.78, 5) is 35.0. The molecule has 0 aromatic rings. The van der Waals surface area contributed by atoms with E-state index in [4.69, 9.17) is 19.1 Å². The van der Waals surface area contributed by atoms with Crippen molar-refractivity contribution in [2.75, 3.05) is 26.4 Å². The molecule has 4 atom stereocenters. The van der Waals surface area contributed by atoms with E-state index in [0.29, 0.717) is 25.7 Å². The Bertz CT molecular complexity index is 1500. The molecule has 0 aromatic heterocycles. The first kappa shape index (κ1) is 58.1. The molecule has 0 radical (unpaired) electrons. The number of ether oxygens (including phenoxy) is 2. The van der Waals surface area contributed by atoms with Gasteiger partial charge in [0.1, 0.15) is 12.7 Å². The highest BCUT2D eigenvalue weighted by Crippen LogP contribution is 2.43. The van der Waals surface area contributed by atoms with E-state index < -0.39 is 57.9 Å². The maximum Gasteiger partial charge on any atom is 0.472 e. The van der Waals surface area contributed by atoms with Crippen molar-refractivity contribution in [1.29, 1.82) is 0 Å². The lowest BCUT2D eigenvalue weighted by molar-refractivity contribution is -0.161. The van der Waals surface area contributed by atoms with E-state index in [1.54, 1.807) is 6.08 Å². The highest BCUT2D eigenvalue weighted by molar-refractivity contribution is 7.47. The van der Waals surface area contributed by atoms with Gasteiger partial charge in [0, 0.05) is 12.8 Å². The van der Waals surface area contributed by atoms with Crippen molar-refractivity contribution in [2.24, 2.45) is 0 Å². The number of hydrogen-bond donors (Lipinski definition) is 4. The van der Waals surface area contributed by atoms with Gasteiger partial charge < -0.3 is 29.7 Å². The third-order valence-electron chi connectivity index (χ3n) is 8.39. The van der Waals surface area contributed by atoms with Crippen molar-refractivity contribution in [2.45, 2.75) is 141 Å². The van der Waals surface area contributed by atoms with Gasteiger partial charge >= 0.3 is 19.8 Å². The Morgan fingerprint density at radius 1 is 0.548 bits per heavy atom. The average molecular weight is 885 g/mol. The third kappa shape index (κ3) is 42.7. The largest absolute Gasteiger partial charge is 0.472 e. The van der Waals surface area contributed by atoms with Gasteiger partial charge in [-0.15, -0.1) is 0 Å². The Morgan fingerprint density at radius 2 is 1.05 bits per heavy atom. The number of hydrogen-bond acceptors (Lipinski definition) is 10. The normalized spacial score (nSPS) is 15.5. The molecule has 0 heterocycles. The van der Waals surface area contributed by atoms with E-state index in [9.17, 15) is 29.3 Å². The van der Waals surface area contributed by atoms with E-state index in [1.165, 1.54) is 0 Å². The Hall–Kier alpha value is -3.93. The van der Waals surface area contributed by atoms with E-state index in [1.807, 2.05) is 54.7 Å². The second-order valence-electron chi connectivity index (χ2n) is 14.2. The smallest absolute Gasteiger partial charge is 0.462 e. The zero-order valence-corrected chi connectivity index (χ0v) is 38.3. The summed E-state index contributed by atoms with van der Waals surface area (Å²) in [6, 6.07) is 0. The fraction of sp³-hybridized carbons (Fsp3) is 0.520. The lowest BCUT2D eigenvalue weighted by Crippen LogP contribution is -2.29. The topological polar surface area (TPSA) is 169 Å². The number of aliphatic hydroxyl groups excluding tert-OH is 3. The van der Waals surface area contributed by atoms with Gasteiger partial charge in [-0.3, -0.25) is 18.6 Å². The second-order valence-corrected chi connectivity index (χ2v) is 15.6. The predicted octanol–water partition coefficient (Wildman–Crippen LogP) is 11.1. The van der Waals surface area contributed by atoms with Gasteiger partial charge in [-0.25, -0.2) is 4.57 Å². The molecule has 0 aliphatic carbocycles. The zero-order valence-electron chi connectivity index (χ0n) is 37.4. The molecule has 0 saturated carbocycles. The quantitative estimate of drug-likeness (QED) is 0.0152. The van der Waals surface area contributed by atoms with Crippen LogP contribution in [0.3, 0.4) is 0 Å². The van der Waals surface area contributed by atoms with Crippen molar-refractivity contribution >= 4 is 19.8 Å². The number of phosphoric ester groups is 1. The summed E-state index contributed by atoms with van der Waals surface area (Å²) in [5.74, 6) is -1.11. The van der Waals surface area contributed by atoms with Crippen molar-refractivity contribution in [1.82, 2.24) is 0 Å². The summed E-state index contributed by atoms with van der Waals surface area (Å²) >= 11 is 0. The molecule has 0 spiro atoms. The molecule has 0 aromatic carbocycles. The lowest BCUT2D eigenvalue weighted by Gasteiger charge is -2.20. The average Bonchev–Trinajstić information content (AvgIpc) is 3.26. The lowest BCUT2D eigenvalue weighted by atomic mass is 10.1. The minimum Gasteiger partial charge on any atom is -0.462 e. The van der Waals surface area contributed by atoms with Crippen molar-refractivity contribution < 1.29 is 52.9 Å². The summed E-state index contributed by atoms with van der Waals surface area (Å²) in [6.45, 7) is 1.91. The first-order chi connectivity index (χ1) is 30.1. The molecule has 0 fully saturated rings. The maximum atomic E-state index is 12.6. The van der Waals surface area contributed by atoms with Crippen LogP contribution in [-0.4, -0.2) is 76.9 Å². The Labute approximate surface area is 373 Å². The van der Waals surface area contributed by atoms with Gasteiger partial charge in [0.25, 0.3) is 0 Å². The summed E-state index contributed by atoms with van der Waals surface area (Å²) in [5.41, 5.74) is 0. The van der Waals surface area contributed by atoms with Gasteiger partial charge in [0.2, 0.25) is 0 Å². The van der Waals surface area contributed by atoms with Gasteiger partial charge in [-0.1, -0.05) is 154 Å². The van der Waals surface area contributed by atoms with Gasteiger partial charge in [0.05, 0.1) is 25.9 Å². The minimum atomic E-state index is -4.67. The van der Waals surface area contributed by atoms with Crippen LogP contribution in [0.2, 0.25) is 0 Å². The van der Waals surface area contributed by atoms with Gasteiger partial charge in [0.15, 0.2) is 6.10 Å². The maximum absolute atomic E-state index is 12.6. The molecule has 0 saturated heterocycles. The van der Waals surface area contributed by atoms with Crippen LogP contribution in [0.4, 0.5) is 0 Å². The minimum absolute atomic E-state index is 0.0190. The van der Waals surface area contributed by atoms with Crippen LogP contribution in [0.25, 0.3) is 0 Å². The van der Waals surface area contributed by atoms with Crippen LogP contribution < -0.4 is 0 Å². The molecule has 0 aliphatic rings. The van der Waals surface area contributed by atoms with Crippen LogP contribution in [0, 0.1) is 0 Å². The monoisotopic (exact) mass is 885 g/mol. The number of unbranched alkanes of at least 4 members (excludes halogenated alkanes) is 3. The van der Waals surface area contributed by atoms with Crippen LogP contribution >= 0.6 is 7.82 Å². The highest BCUT2D eigenvalue weighted by Gasteiger charge is 2.27. The van der Waals surface area contributed by atoms with Crippen LogP contribution in [0.5, 0.6) is 0 Å². The van der Waals surface area contributed by atoms with Gasteiger partial charge in [-0.05, 0) is 89.9 Å². The molecule has 12 heteroatoms. The number of carbonyl (C=O) groups is 2. The number of aliphatic hydroxyl groups is 3. The molecule has 0 aliphatic heterocycles. The van der Waals surface area contributed by atoms with E-state index in [-0.39, 0.29) is 19.4 Å². The van der Waals surface area contributed by atoms with Crippen molar-refractivity contribution in [3.8, 4) is 0 Å².